The smallest absolute Gasteiger partial charge is 0.335 e. The first-order valence-electron chi connectivity index (χ1n) is 12.5. The number of carboxylic acids is 1. The SMILES string of the molecule is CC(Sc1ccc(NC(=O)/C(=C/c2cccnc2)NC(=O)c2ccccc2)cc1)C(=O)Nc1cccc(C(=O)O)c1. The van der Waals surface area contributed by atoms with Crippen molar-refractivity contribution in [3.63, 3.8) is 0 Å². The average Bonchev–Trinajstić information content (AvgIpc) is 2.98. The van der Waals surface area contributed by atoms with Gasteiger partial charge in [-0.1, -0.05) is 30.3 Å². The number of amides is 3. The second-order valence-corrected chi connectivity index (χ2v) is 10.2. The number of carboxylic acid groups (broad SMARTS) is 1. The van der Waals surface area contributed by atoms with Crippen LogP contribution in [0, 0.1) is 0 Å². The zero-order chi connectivity index (χ0) is 29.2. The molecule has 0 saturated carbocycles. The van der Waals surface area contributed by atoms with Gasteiger partial charge in [-0.2, -0.15) is 0 Å². The molecule has 1 unspecified atom stereocenters. The van der Waals surface area contributed by atoms with E-state index in [1.165, 1.54) is 23.9 Å². The molecule has 4 rings (SSSR count). The molecule has 0 spiro atoms. The molecule has 3 aromatic carbocycles. The van der Waals surface area contributed by atoms with E-state index in [0.29, 0.717) is 22.5 Å². The van der Waals surface area contributed by atoms with Crippen molar-refractivity contribution < 1.29 is 24.3 Å². The fraction of sp³-hybridized carbons (Fsp3) is 0.0645. The van der Waals surface area contributed by atoms with E-state index in [9.17, 15) is 19.2 Å². The standard InChI is InChI=1S/C31H26N4O5S/c1-20(28(36)34-25-11-5-10-23(18-25)31(39)40)41-26-14-12-24(13-15-26)33-30(38)27(17-21-7-6-16-32-19-21)35-29(37)22-8-3-2-4-9-22/h2-20H,1H3,(H,33,38)(H,34,36)(H,35,37)(H,39,40)/b27-17-. The average molecular weight is 567 g/mol. The minimum Gasteiger partial charge on any atom is -0.478 e. The predicted octanol–water partition coefficient (Wildman–Crippen LogP) is 5.31. The molecule has 9 nitrogen and oxygen atoms in total. The minimum atomic E-state index is -1.08. The number of benzene rings is 3. The molecule has 0 bridgehead atoms. The minimum absolute atomic E-state index is 0.0440. The molecule has 1 atom stereocenters. The van der Waals surface area contributed by atoms with Crippen LogP contribution in [0.1, 0.15) is 33.2 Å². The van der Waals surface area contributed by atoms with Gasteiger partial charge < -0.3 is 21.1 Å². The van der Waals surface area contributed by atoms with Crippen LogP contribution in [-0.2, 0) is 9.59 Å². The Bertz CT molecular complexity index is 1580. The molecule has 0 saturated heterocycles. The van der Waals surface area contributed by atoms with Gasteiger partial charge in [0.05, 0.1) is 10.8 Å². The van der Waals surface area contributed by atoms with E-state index in [4.69, 9.17) is 5.11 Å². The Labute approximate surface area is 240 Å². The lowest BCUT2D eigenvalue weighted by atomic mass is 10.2. The number of hydrogen-bond donors (Lipinski definition) is 4. The van der Waals surface area contributed by atoms with Gasteiger partial charge >= 0.3 is 5.97 Å². The summed E-state index contributed by atoms with van der Waals surface area (Å²) in [5, 5.41) is 16.9. The van der Waals surface area contributed by atoms with E-state index < -0.39 is 23.0 Å². The van der Waals surface area contributed by atoms with Crippen molar-refractivity contribution in [1.29, 1.82) is 0 Å². The fourth-order valence-electron chi connectivity index (χ4n) is 3.62. The van der Waals surface area contributed by atoms with Crippen molar-refractivity contribution in [3.05, 3.63) is 126 Å². The number of carbonyl (C=O) groups is 4. The fourth-order valence-corrected chi connectivity index (χ4v) is 4.48. The molecule has 0 aliphatic carbocycles. The number of nitrogens with one attached hydrogen (secondary N) is 3. The number of nitrogens with zero attached hydrogens (tertiary/aromatic N) is 1. The van der Waals surface area contributed by atoms with Crippen LogP contribution in [0.4, 0.5) is 11.4 Å². The van der Waals surface area contributed by atoms with Gasteiger partial charge in [0.25, 0.3) is 11.8 Å². The zero-order valence-electron chi connectivity index (χ0n) is 21.9. The molecule has 41 heavy (non-hydrogen) atoms. The molecule has 10 heteroatoms. The Kier molecular flexibility index (Phi) is 9.63. The van der Waals surface area contributed by atoms with Crippen LogP contribution < -0.4 is 16.0 Å². The summed E-state index contributed by atoms with van der Waals surface area (Å²) >= 11 is 1.31. The first-order chi connectivity index (χ1) is 19.8. The Morgan fingerprint density at radius 2 is 1.56 bits per heavy atom. The number of thioether (sulfide) groups is 1. The van der Waals surface area contributed by atoms with Gasteiger partial charge in [-0.15, -0.1) is 11.8 Å². The molecular weight excluding hydrogens is 540 g/mol. The summed E-state index contributed by atoms with van der Waals surface area (Å²) in [5.74, 6) is -2.30. The van der Waals surface area contributed by atoms with E-state index in [-0.39, 0.29) is 17.2 Å². The maximum absolute atomic E-state index is 13.2. The highest BCUT2D eigenvalue weighted by Gasteiger charge is 2.17. The number of aromatic nitrogens is 1. The molecule has 1 heterocycles. The first kappa shape index (κ1) is 28.8. The van der Waals surface area contributed by atoms with E-state index in [0.717, 1.165) is 4.90 Å². The molecular formula is C31H26N4O5S. The molecule has 0 radical (unpaired) electrons. The van der Waals surface area contributed by atoms with Gasteiger partial charge in [0, 0.05) is 34.2 Å². The molecule has 1 aromatic heterocycles. The third-order valence-electron chi connectivity index (χ3n) is 5.70. The molecule has 4 aromatic rings. The van der Waals surface area contributed by atoms with Crippen molar-refractivity contribution in [2.24, 2.45) is 0 Å². The number of hydrogen-bond acceptors (Lipinski definition) is 6. The monoisotopic (exact) mass is 566 g/mol. The normalized spacial score (nSPS) is 11.7. The van der Waals surface area contributed by atoms with E-state index in [2.05, 4.69) is 20.9 Å². The number of carbonyl (C=O) groups excluding carboxylic acids is 3. The van der Waals surface area contributed by atoms with Crippen molar-refractivity contribution in [1.82, 2.24) is 10.3 Å². The van der Waals surface area contributed by atoms with E-state index >= 15 is 0 Å². The van der Waals surface area contributed by atoms with Crippen molar-refractivity contribution >= 4 is 52.9 Å². The second kappa shape index (κ2) is 13.7. The Hall–Kier alpha value is -5.22. The van der Waals surface area contributed by atoms with Crippen LogP contribution in [0.2, 0.25) is 0 Å². The summed E-state index contributed by atoms with van der Waals surface area (Å²) in [6.07, 6.45) is 4.73. The number of rotatable bonds is 10. The highest BCUT2D eigenvalue weighted by atomic mass is 32.2. The van der Waals surface area contributed by atoms with Gasteiger partial charge in [-0.25, -0.2) is 4.79 Å². The maximum Gasteiger partial charge on any atom is 0.335 e. The number of anilines is 2. The van der Waals surface area contributed by atoms with E-state index in [1.807, 2.05) is 0 Å². The third-order valence-corrected chi connectivity index (χ3v) is 6.81. The van der Waals surface area contributed by atoms with Crippen LogP contribution in [0.15, 0.2) is 114 Å². The molecule has 0 aliphatic rings. The lowest BCUT2D eigenvalue weighted by molar-refractivity contribution is -0.115. The molecule has 4 N–H and O–H groups in total. The first-order valence-corrected chi connectivity index (χ1v) is 13.4. The van der Waals surface area contributed by atoms with Crippen molar-refractivity contribution in [2.45, 2.75) is 17.1 Å². The van der Waals surface area contributed by atoms with Crippen molar-refractivity contribution in [3.8, 4) is 0 Å². The van der Waals surface area contributed by atoms with Gasteiger partial charge in [-0.3, -0.25) is 19.4 Å². The lowest BCUT2D eigenvalue weighted by Gasteiger charge is -2.14. The van der Waals surface area contributed by atoms with Crippen LogP contribution >= 0.6 is 11.8 Å². The van der Waals surface area contributed by atoms with Crippen LogP contribution in [0.5, 0.6) is 0 Å². The van der Waals surface area contributed by atoms with Crippen molar-refractivity contribution in [2.75, 3.05) is 10.6 Å². The van der Waals surface area contributed by atoms with Crippen LogP contribution in [-0.4, -0.2) is 39.0 Å². The summed E-state index contributed by atoms with van der Waals surface area (Å²) in [4.78, 5) is 54.6. The molecule has 206 valence electrons. The highest BCUT2D eigenvalue weighted by molar-refractivity contribution is 8.00. The maximum atomic E-state index is 13.2. The van der Waals surface area contributed by atoms with Gasteiger partial charge in [0.15, 0.2) is 0 Å². The topological polar surface area (TPSA) is 137 Å². The highest BCUT2D eigenvalue weighted by Crippen LogP contribution is 2.26. The van der Waals surface area contributed by atoms with E-state index in [1.54, 1.807) is 104 Å². The van der Waals surface area contributed by atoms with Gasteiger partial charge in [0.1, 0.15) is 5.70 Å². The number of aromatic carboxylic acids is 1. The summed E-state index contributed by atoms with van der Waals surface area (Å²) < 4.78 is 0. The quantitative estimate of drug-likeness (QED) is 0.151. The Morgan fingerprint density at radius 3 is 2.24 bits per heavy atom. The largest absolute Gasteiger partial charge is 0.478 e. The molecule has 0 aliphatic heterocycles. The van der Waals surface area contributed by atoms with Crippen LogP contribution in [0.3, 0.4) is 0 Å². The summed E-state index contributed by atoms with van der Waals surface area (Å²) in [5.41, 5.74) is 2.07. The number of pyridine rings is 1. The summed E-state index contributed by atoms with van der Waals surface area (Å²) in [7, 11) is 0. The Morgan fingerprint density at radius 1 is 0.829 bits per heavy atom. The molecule has 0 fully saturated rings. The van der Waals surface area contributed by atoms with Gasteiger partial charge in [0.2, 0.25) is 5.91 Å². The predicted molar refractivity (Wildman–Crippen MR) is 159 cm³/mol. The second-order valence-electron chi connectivity index (χ2n) is 8.78. The third kappa shape index (κ3) is 8.38. The lowest BCUT2D eigenvalue weighted by Crippen LogP contribution is -2.30. The van der Waals surface area contributed by atoms with Gasteiger partial charge in [-0.05, 0) is 79.2 Å². The summed E-state index contributed by atoms with van der Waals surface area (Å²) in [6.45, 7) is 1.74. The van der Waals surface area contributed by atoms with Crippen LogP contribution in [0.25, 0.3) is 6.08 Å². The molecule has 3 amide bonds. The zero-order valence-corrected chi connectivity index (χ0v) is 22.7. The summed E-state index contributed by atoms with van der Waals surface area (Å²) in [6, 6.07) is 25.0. The Balaban J connectivity index is 1.40.